The molecule has 0 spiro atoms. The number of likely N-dealkylation sites (N-methyl/N-ethyl adjacent to an activating group) is 1. The van der Waals surface area contributed by atoms with E-state index in [1.165, 1.54) is 27.4 Å². The van der Waals surface area contributed by atoms with E-state index < -0.39 is 91.1 Å². The molecule has 17 atom stereocenters. The van der Waals surface area contributed by atoms with Crippen molar-refractivity contribution >= 4 is 17.7 Å². The highest BCUT2D eigenvalue weighted by molar-refractivity contribution is 5.81. The van der Waals surface area contributed by atoms with Gasteiger partial charge in [0, 0.05) is 50.5 Å². The fraction of sp³-hybridized carbons (Fsp3) is 0.881. The lowest BCUT2D eigenvalue weighted by Crippen LogP contribution is -2.59. The van der Waals surface area contributed by atoms with Gasteiger partial charge in [0.15, 0.2) is 12.6 Å². The van der Waals surface area contributed by atoms with Crippen LogP contribution in [0.2, 0.25) is 0 Å². The second kappa shape index (κ2) is 23.7. The van der Waals surface area contributed by atoms with Crippen molar-refractivity contribution in [2.75, 3.05) is 42.0 Å². The Bertz CT molecular complexity index is 1270. The molecule has 15 heteroatoms. The van der Waals surface area contributed by atoms with Gasteiger partial charge in [0.25, 0.3) is 0 Å². The molecule has 57 heavy (non-hydrogen) atoms. The highest BCUT2D eigenvalue weighted by Crippen LogP contribution is 2.36. The number of rotatable bonds is 12. The van der Waals surface area contributed by atoms with Gasteiger partial charge in [-0.3, -0.25) is 9.59 Å². The lowest BCUT2D eigenvalue weighted by molar-refractivity contribution is -0.305. The van der Waals surface area contributed by atoms with Gasteiger partial charge in [-0.25, -0.2) is 4.79 Å². The number of carbonyl (C=O) groups is 3. The molecule has 3 rings (SSSR count). The molecule has 330 valence electrons. The molecule has 0 bridgehead atoms. The first-order chi connectivity index (χ1) is 26.9. The fourth-order valence-corrected chi connectivity index (χ4v) is 8.59. The minimum atomic E-state index is -1.24. The van der Waals surface area contributed by atoms with Gasteiger partial charge in [-0.1, -0.05) is 33.8 Å². The second-order valence-corrected chi connectivity index (χ2v) is 16.8. The molecule has 3 aliphatic rings. The van der Waals surface area contributed by atoms with E-state index in [0.717, 1.165) is 0 Å². The van der Waals surface area contributed by atoms with E-state index in [9.17, 15) is 29.7 Å². The van der Waals surface area contributed by atoms with Crippen LogP contribution in [0.3, 0.4) is 0 Å². The number of Topliss-reactive ketones (excluding diaryl/α,β-unsaturated/α-hetero) is 1. The lowest BCUT2D eigenvalue weighted by Gasteiger charge is -2.44. The van der Waals surface area contributed by atoms with Crippen LogP contribution in [-0.4, -0.2) is 154 Å². The van der Waals surface area contributed by atoms with E-state index in [1.54, 1.807) is 19.9 Å². The van der Waals surface area contributed by atoms with Crippen LogP contribution in [0.4, 0.5) is 0 Å². The van der Waals surface area contributed by atoms with Gasteiger partial charge in [0.1, 0.15) is 36.3 Å². The highest BCUT2D eigenvalue weighted by atomic mass is 16.7. The maximum atomic E-state index is 13.8. The summed E-state index contributed by atoms with van der Waals surface area (Å²) in [5.41, 5.74) is 0. The maximum Gasteiger partial charge on any atom is 0.330 e. The summed E-state index contributed by atoms with van der Waals surface area (Å²) in [6.45, 7) is 11.4. The van der Waals surface area contributed by atoms with Gasteiger partial charge >= 0.3 is 11.9 Å². The molecular formula is C42H73NO14. The Hall–Kier alpha value is -2.05. The van der Waals surface area contributed by atoms with Crippen LogP contribution in [-0.2, 0) is 52.3 Å². The summed E-state index contributed by atoms with van der Waals surface area (Å²) in [4.78, 5) is 41.6. The summed E-state index contributed by atoms with van der Waals surface area (Å²) in [5, 5.41) is 33.9. The summed E-state index contributed by atoms with van der Waals surface area (Å²) in [5.74, 6) is -2.84. The van der Waals surface area contributed by atoms with Crippen LogP contribution in [0.1, 0.15) is 92.9 Å². The topological polar surface area (TPSA) is 189 Å². The van der Waals surface area contributed by atoms with Crippen molar-refractivity contribution in [3.05, 3.63) is 12.2 Å². The Morgan fingerprint density at radius 2 is 1.56 bits per heavy atom. The largest absolute Gasteiger partial charge is 0.466 e. The first-order valence-corrected chi connectivity index (χ1v) is 20.8. The number of hydrogen-bond donors (Lipinski definition) is 3. The molecule has 3 aliphatic heterocycles. The molecule has 0 aromatic carbocycles. The maximum absolute atomic E-state index is 13.8. The summed E-state index contributed by atoms with van der Waals surface area (Å²) in [6.07, 6.45) is -2.88. The molecule has 1 unspecified atom stereocenters. The number of ketones is 1. The zero-order valence-corrected chi connectivity index (χ0v) is 36.1. The minimum absolute atomic E-state index is 0.0467. The molecular weight excluding hydrogens is 742 g/mol. The van der Waals surface area contributed by atoms with Crippen LogP contribution in [0.25, 0.3) is 0 Å². The van der Waals surface area contributed by atoms with Gasteiger partial charge in [-0.05, 0) is 78.3 Å². The Balaban J connectivity index is 1.96. The van der Waals surface area contributed by atoms with Crippen molar-refractivity contribution in [1.82, 2.24) is 4.90 Å². The molecule has 0 saturated carbocycles. The van der Waals surface area contributed by atoms with Gasteiger partial charge in [-0.15, -0.1) is 0 Å². The van der Waals surface area contributed by atoms with Crippen molar-refractivity contribution in [2.45, 2.75) is 166 Å². The van der Waals surface area contributed by atoms with Gasteiger partial charge in [0.2, 0.25) is 0 Å². The predicted molar refractivity (Wildman–Crippen MR) is 210 cm³/mol. The normalized spacial score (nSPS) is 40.9. The molecule has 3 N–H and O–H groups in total. The number of ether oxygens (including phenoxy) is 8. The van der Waals surface area contributed by atoms with E-state index in [4.69, 9.17) is 37.9 Å². The number of esters is 2. The first kappa shape index (κ1) is 49.3. The number of carbonyl (C=O) groups excluding carboxylic acids is 3. The molecule has 3 heterocycles. The Morgan fingerprint density at radius 3 is 2.18 bits per heavy atom. The molecule has 0 radical (unpaired) electrons. The second-order valence-electron chi connectivity index (χ2n) is 16.8. The zero-order chi connectivity index (χ0) is 42.6. The van der Waals surface area contributed by atoms with Crippen LogP contribution >= 0.6 is 0 Å². The monoisotopic (exact) mass is 816 g/mol. The molecule has 3 saturated heterocycles. The minimum Gasteiger partial charge on any atom is -0.466 e. The number of methoxy groups -OCH3 is 3. The van der Waals surface area contributed by atoms with Crippen molar-refractivity contribution in [3.8, 4) is 0 Å². The fourth-order valence-electron chi connectivity index (χ4n) is 8.59. The third kappa shape index (κ3) is 14.0. The number of aliphatic hydroxyl groups is 3. The van der Waals surface area contributed by atoms with E-state index in [0.29, 0.717) is 44.9 Å². The average Bonchev–Trinajstić information content (AvgIpc) is 3.17. The Morgan fingerprint density at radius 1 is 0.877 bits per heavy atom. The van der Waals surface area contributed by atoms with Gasteiger partial charge in [0.05, 0.1) is 44.6 Å². The van der Waals surface area contributed by atoms with Crippen molar-refractivity contribution in [1.29, 1.82) is 0 Å². The van der Waals surface area contributed by atoms with Crippen LogP contribution in [0.5, 0.6) is 0 Å². The summed E-state index contributed by atoms with van der Waals surface area (Å²) < 4.78 is 47.3. The molecule has 15 nitrogen and oxygen atoms in total. The van der Waals surface area contributed by atoms with Crippen LogP contribution in [0, 0.1) is 29.6 Å². The van der Waals surface area contributed by atoms with Crippen LogP contribution < -0.4 is 0 Å². The van der Waals surface area contributed by atoms with E-state index >= 15 is 0 Å². The zero-order valence-electron chi connectivity index (χ0n) is 36.1. The number of hydrogen-bond acceptors (Lipinski definition) is 15. The van der Waals surface area contributed by atoms with Crippen molar-refractivity contribution in [2.24, 2.45) is 29.6 Å². The third-order valence-electron chi connectivity index (χ3n) is 12.2. The summed E-state index contributed by atoms with van der Waals surface area (Å²) in [7, 11) is 8.04. The molecule has 3 fully saturated rings. The number of aliphatic hydroxyl groups excluding tert-OH is 3. The Kier molecular flexibility index (Phi) is 20.5. The smallest absolute Gasteiger partial charge is 0.330 e. The molecule has 0 aromatic rings. The highest BCUT2D eigenvalue weighted by Gasteiger charge is 2.46. The van der Waals surface area contributed by atoms with Crippen molar-refractivity contribution in [3.63, 3.8) is 0 Å². The van der Waals surface area contributed by atoms with E-state index in [-0.39, 0.29) is 42.8 Å². The molecule has 0 aliphatic carbocycles. The number of allylic oxidation sites excluding steroid dienone is 1. The van der Waals surface area contributed by atoms with Gasteiger partial charge in [-0.2, -0.15) is 0 Å². The predicted octanol–water partition coefficient (Wildman–Crippen LogP) is 3.43. The summed E-state index contributed by atoms with van der Waals surface area (Å²) >= 11 is 0. The van der Waals surface area contributed by atoms with Crippen LogP contribution in [0.15, 0.2) is 12.2 Å². The average molecular weight is 816 g/mol. The Labute approximate surface area is 340 Å². The SMILES string of the molecule is CC[C@H]1OC(=O)C[C@@H](O)[C@H](C)[C@@H](O[C@H]2O[C@@H](C)C[C@@H](N(C)C)[C@@H]2O)[C@@H](C/C=C/C(=O)OC)C[C@@H](C)C(=O)CCC(C)C[C@@H]1CO[C@@H]1O[C@H](C)[C@@H](O)[C@@H](OC)[C@H]1OC. The quantitative estimate of drug-likeness (QED) is 0.192. The molecule has 0 aromatic heterocycles. The third-order valence-corrected chi connectivity index (χ3v) is 12.2. The lowest BCUT2D eigenvalue weighted by atomic mass is 9.78. The number of nitrogens with zero attached hydrogens (tertiary/aromatic N) is 1. The van der Waals surface area contributed by atoms with Crippen molar-refractivity contribution < 1.29 is 67.6 Å². The number of cyclic esters (lactones) is 1. The first-order valence-electron chi connectivity index (χ1n) is 20.8. The summed E-state index contributed by atoms with van der Waals surface area (Å²) in [6, 6.07) is -0.260. The van der Waals surface area contributed by atoms with Gasteiger partial charge < -0.3 is 58.1 Å². The van der Waals surface area contributed by atoms with E-state index in [2.05, 4.69) is 6.92 Å². The standard InChI is InChI=1S/C42H73NO14/c1-12-33-29(22-53-42-40(52-11)39(51-10)36(48)27(6)55-42)18-23(2)16-17-31(44)24(3)19-28(14-13-15-34(46)50-9)38(26(5)32(45)21-35(47)56-33)57-41-37(49)30(43(7)8)20-25(4)54-41/h13,15,23-30,32-33,36-42,45,48-49H,12,14,16-22H2,1-11H3/b15-13+/t23?,24-,25+,26+,27-,28+,29-,30-,32-,33-,36-,37+,38-,39-,40-,41-,42-/m1/s1. The van der Waals surface area contributed by atoms with E-state index in [1.807, 2.05) is 39.8 Å². The molecule has 0 amide bonds.